The van der Waals surface area contributed by atoms with Gasteiger partial charge in [-0.3, -0.25) is 9.59 Å². The van der Waals surface area contributed by atoms with Gasteiger partial charge in [0.25, 0.3) is 5.91 Å². The summed E-state index contributed by atoms with van der Waals surface area (Å²) in [4.78, 5) is 27.3. The molecule has 0 saturated carbocycles. The van der Waals surface area contributed by atoms with Crippen LogP contribution in [-0.4, -0.2) is 67.2 Å². The lowest BCUT2D eigenvalue weighted by molar-refractivity contribution is -0.134. The first-order chi connectivity index (χ1) is 11.6. The van der Waals surface area contributed by atoms with Crippen LogP contribution in [-0.2, 0) is 9.59 Å². The normalized spacial score (nSPS) is 18.8. The van der Waals surface area contributed by atoms with Gasteiger partial charge in [0.15, 0.2) is 6.61 Å². The van der Waals surface area contributed by atoms with E-state index in [4.69, 9.17) is 4.74 Å². The summed E-state index contributed by atoms with van der Waals surface area (Å²) in [5, 5.41) is 4.06. The van der Waals surface area contributed by atoms with Gasteiger partial charge in [0.2, 0.25) is 5.91 Å². The third-order valence-corrected chi connectivity index (χ3v) is 4.31. The van der Waals surface area contributed by atoms with Crippen LogP contribution < -0.4 is 10.2 Å². The smallest absolute Gasteiger partial charge is 0.260 e. The Bertz CT molecular complexity index is 634. The van der Waals surface area contributed by atoms with Gasteiger partial charge in [-0.2, -0.15) is 5.10 Å². The van der Waals surface area contributed by atoms with Crippen molar-refractivity contribution < 1.29 is 14.3 Å². The molecule has 1 saturated heterocycles. The molecule has 128 valence electrons. The lowest BCUT2D eigenvalue weighted by Gasteiger charge is -2.32. The molecule has 0 atom stereocenters. The van der Waals surface area contributed by atoms with E-state index >= 15 is 0 Å². The summed E-state index contributed by atoms with van der Waals surface area (Å²) in [5.74, 6) is 0.620. The number of hydrazone groups is 1. The number of carbonyl (C=O) groups excluding carboxylic acids is 2. The van der Waals surface area contributed by atoms with Crippen molar-refractivity contribution in [2.45, 2.75) is 12.8 Å². The molecule has 0 unspecified atom stereocenters. The van der Waals surface area contributed by atoms with Crippen LogP contribution in [0, 0.1) is 0 Å². The maximum absolute atomic E-state index is 12.1. The minimum atomic E-state index is -0.0545. The quantitative estimate of drug-likeness (QED) is 0.870. The molecule has 2 amide bonds. The first-order valence-electron chi connectivity index (χ1n) is 8.17. The predicted octanol–water partition coefficient (Wildman–Crippen LogP) is 0.453. The number of hydrogen-bond acceptors (Lipinski definition) is 5. The standard InChI is InChI=1S/C17H22N4O3/c1-20-8-10-21(11-9-20)17(23)12-24-14-4-2-13(3-5-14)15-6-7-16(22)19-18-15/h2-5H,6-12H2,1H3,(H,19,22). The van der Waals surface area contributed by atoms with Gasteiger partial charge < -0.3 is 14.5 Å². The van der Waals surface area contributed by atoms with Crippen molar-refractivity contribution in [3.8, 4) is 5.75 Å². The van der Waals surface area contributed by atoms with Crippen molar-refractivity contribution in [2.24, 2.45) is 5.10 Å². The van der Waals surface area contributed by atoms with E-state index in [1.54, 1.807) is 0 Å². The van der Waals surface area contributed by atoms with Gasteiger partial charge in [-0.1, -0.05) is 0 Å². The van der Waals surface area contributed by atoms with Gasteiger partial charge in [-0.25, -0.2) is 5.43 Å². The largest absolute Gasteiger partial charge is 0.484 e. The molecule has 7 heteroatoms. The first kappa shape index (κ1) is 16.4. The Morgan fingerprint density at radius 1 is 1.17 bits per heavy atom. The number of carbonyl (C=O) groups is 2. The Hall–Kier alpha value is -2.41. The van der Waals surface area contributed by atoms with Crippen LogP contribution in [0.15, 0.2) is 29.4 Å². The zero-order valence-electron chi connectivity index (χ0n) is 13.8. The van der Waals surface area contributed by atoms with E-state index in [0.717, 1.165) is 37.5 Å². The average Bonchev–Trinajstić information content (AvgIpc) is 2.61. The molecule has 1 N–H and O–H groups in total. The van der Waals surface area contributed by atoms with Crippen molar-refractivity contribution in [3.05, 3.63) is 29.8 Å². The van der Waals surface area contributed by atoms with Crippen molar-refractivity contribution in [2.75, 3.05) is 39.8 Å². The van der Waals surface area contributed by atoms with Crippen molar-refractivity contribution in [1.29, 1.82) is 0 Å². The van der Waals surface area contributed by atoms with Crippen LogP contribution in [0.2, 0.25) is 0 Å². The number of ether oxygens (including phenoxy) is 1. The van der Waals surface area contributed by atoms with Crippen LogP contribution in [0.4, 0.5) is 0 Å². The molecule has 3 rings (SSSR count). The van der Waals surface area contributed by atoms with Gasteiger partial charge in [-0.15, -0.1) is 0 Å². The fourth-order valence-corrected chi connectivity index (χ4v) is 2.72. The Morgan fingerprint density at radius 2 is 1.88 bits per heavy atom. The van der Waals surface area contributed by atoms with Crippen molar-refractivity contribution in [3.63, 3.8) is 0 Å². The number of nitrogens with zero attached hydrogens (tertiary/aromatic N) is 3. The summed E-state index contributed by atoms with van der Waals surface area (Å²) in [7, 11) is 2.06. The highest BCUT2D eigenvalue weighted by Crippen LogP contribution is 2.16. The fraction of sp³-hybridized carbons (Fsp3) is 0.471. The summed E-state index contributed by atoms with van der Waals surface area (Å²) in [6.45, 7) is 3.37. The fourth-order valence-electron chi connectivity index (χ4n) is 2.72. The van der Waals surface area contributed by atoms with Crippen LogP contribution in [0.3, 0.4) is 0 Å². The Labute approximate surface area is 141 Å². The van der Waals surface area contributed by atoms with Crippen LogP contribution in [0.5, 0.6) is 5.75 Å². The lowest BCUT2D eigenvalue weighted by atomic mass is 10.0. The number of nitrogens with one attached hydrogen (secondary N) is 1. The molecule has 2 aliphatic heterocycles. The van der Waals surface area contributed by atoms with Crippen molar-refractivity contribution >= 4 is 17.5 Å². The van der Waals surface area contributed by atoms with Gasteiger partial charge in [-0.05, 0) is 36.9 Å². The van der Waals surface area contributed by atoms with E-state index in [9.17, 15) is 9.59 Å². The number of hydrogen-bond donors (Lipinski definition) is 1. The van der Waals surface area contributed by atoms with Gasteiger partial charge in [0, 0.05) is 39.0 Å². The number of amides is 2. The lowest BCUT2D eigenvalue weighted by Crippen LogP contribution is -2.48. The second-order valence-corrected chi connectivity index (χ2v) is 6.09. The van der Waals surface area contributed by atoms with E-state index in [1.807, 2.05) is 29.2 Å². The second-order valence-electron chi connectivity index (χ2n) is 6.09. The highest BCUT2D eigenvalue weighted by Gasteiger charge is 2.19. The number of likely N-dealkylation sites (N-methyl/N-ethyl adjacent to an activating group) is 1. The third kappa shape index (κ3) is 4.11. The monoisotopic (exact) mass is 330 g/mol. The second kappa shape index (κ2) is 7.44. The first-order valence-corrected chi connectivity index (χ1v) is 8.17. The molecule has 2 heterocycles. The molecule has 1 fully saturated rings. The highest BCUT2D eigenvalue weighted by molar-refractivity contribution is 6.04. The average molecular weight is 330 g/mol. The van der Waals surface area contributed by atoms with E-state index in [0.29, 0.717) is 18.6 Å². The molecular weight excluding hydrogens is 308 g/mol. The Kier molecular flexibility index (Phi) is 5.10. The molecular formula is C17H22N4O3. The van der Waals surface area contributed by atoms with Gasteiger partial charge >= 0.3 is 0 Å². The van der Waals surface area contributed by atoms with E-state index < -0.39 is 0 Å². The third-order valence-electron chi connectivity index (χ3n) is 4.31. The predicted molar refractivity (Wildman–Crippen MR) is 89.9 cm³/mol. The molecule has 1 aromatic rings. The zero-order valence-corrected chi connectivity index (χ0v) is 13.8. The molecule has 24 heavy (non-hydrogen) atoms. The maximum Gasteiger partial charge on any atom is 0.260 e. The molecule has 0 radical (unpaired) electrons. The van der Waals surface area contributed by atoms with E-state index in [-0.39, 0.29) is 18.4 Å². The summed E-state index contributed by atoms with van der Waals surface area (Å²) in [6, 6.07) is 7.44. The topological polar surface area (TPSA) is 74.2 Å². The molecule has 1 aromatic carbocycles. The molecule has 0 aromatic heterocycles. The highest BCUT2D eigenvalue weighted by atomic mass is 16.5. The SMILES string of the molecule is CN1CCN(C(=O)COc2ccc(C3=NNC(=O)CC3)cc2)CC1. The summed E-state index contributed by atoms with van der Waals surface area (Å²) < 4.78 is 5.59. The van der Waals surface area contributed by atoms with Gasteiger partial charge in [0.05, 0.1) is 5.71 Å². The van der Waals surface area contributed by atoms with E-state index in [2.05, 4.69) is 22.5 Å². The maximum atomic E-state index is 12.1. The number of benzene rings is 1. The van der Waals surface area contributed by atoms with E-state index in [1.165, 1.54) is 0 Å². The van der Waals surface area contributed by atoms with Crippen LogP contribution >= 0.6 is 0 Å². The minimum Gasteiger partial charge on any atom is -0.484 e. The molecule has 0 aliphatic carbocycles. The molecule has 0 bridgehead atoms. The summed E-state index contributed by atoms with van der Waals surface area (Å²) in [6.07, 6.45) is 1.09. The molecule has 0 spiro atoms. The van der Waals surface area contributed by atoms with Crippen molar-refractivity contribution in [1.82, 2.24) is 15.2 Å². The number of piperazine rings is 1. The van der Waals surface area contributed by atoms with Crippen LogP contribution in [0.25, 0.3) is 0 Å². The minimum absolute atomic E-state index is 0.0199. The Balaban J connectivity index is 1.51. The zero-order chi connectivity index (χ0) is 16.9. The van der Waals surface area contributed by atoms with Gasteiger partial charge in [0.1, 0.15) is 5.75 Å². The number of rotatable bonds is 4. The summed E-state index contributed by atoms with van der Waals surface area (Å²) >= 11 is 0. The van der Waals surface area contributed by atoms with Crippen LogP contribution in [0.1, 0.15) is 18.4 Å². The Morgan fingerprint density at radius 3 is 2.50 bits per heavy atom. The molecule has 7 nitrogen and oxygen atoms in total. The molecule has 2 aliphatic rings. The summed E-state index contributed by atoms with van der Waals surface area (Å²) in [5.41, 5.74) is 4.30.